The molecule has 0 aliphatic heterocycles. The minimum Gasteiger partial charge on any atom is -0.481 e. The summed E-state index contributed by atoms with van der Waals surface area (Å²) in [6.45, 7) is 6.06. The third-order valence-electron chi connectivity index (χ3n) is 6.87. The lowest BCUT2D eigenvalue weighted by molar-refractivity contribution is -0.137. The molecule has 1 aromatic carbocycles. The Kier molecular flexibility index (Phi) is 11.2. The lowest BCUT2D eigenvalue weighted by atomic mass is 10.0. The number of unbranched alkanes of at least 4 members (excludes halogenated alkanes) is 3. The van der Waals surface area contributed by atoms with Crippen molar-refractivity contribution in [3.8, 4) is 5.69 Å². The fraction of sp³-hybridized carbons (Fsp3) is 0.448. The van der Waals surface area contributed by atoms with Gasteiger partial charge in [-0.05, 0) is 57.4 Å². The lowest BCUT2D eigenvalue weighted by Crippen LogP contribution is -2.52. The molecule has 13 heteroatoms. The Labute approximate surface area is 247 Å². The van der Waals surface area contributed by atoms with E-state index < -0.39 is 23.5 Å². The molecular formula is C29H37N5O7S. The minimum atomic E-state index is -1.30. The van der Waals surface area contributed by atoms with Gasteiger partial charge in [-0.3, -0.25) is 19.2 Å². The van der Waals surface area contributed by atoms with Crippen LogP contribution in [-0.4, -0.2) is 67.3 Å². The molecule has 226 valence electrons. The summed E-state index contributed by atoms with van der Waals surface area (Å²) in [7, 11) is 0. The summed E-state index contributed by atoms with van der Waals surface area (Å²) in [6.07, 6.45) is 3.98. The first-order valence-electron chi connectivity index (χ1n) is 13.9. The number of aromatic carboxylic acids is 1. The molecular weight excluding hydrogens is 562 g/mol. The topological polar surface area (TPSA) is 185 Å². The molecule has 0 saturated heterocycles. The van der Waals surface area contributed by atoms with E-state index in [4.69, 9.17) is 10.8 Å². The predicted molar refractivity (Wildman–Crippen MR) is 160 cm³/mol. The predicted octanol–water partition coefficient (Wildman–Crippen LogP) is 3.90. The Morgan fingerprint density at radius 1 is 1.07 bits per heavy atom. The van der Waals surface area contributed by atoms with Gasteiger partial charge in [-0.1, -0.05) is 26.2 Å². The standard InChI is InChI=1S/C29H37N5O7S/c1-4-5-9-21(26(37)31-15-8-6-7-10-22(35)36)33(17(2)3)27(38)18-11-13-19(14-12-18)34-28(39)23-20(16-42-25(23)30)24(32-34)29(40)41/h11-14,16-17,21H,4-10,15,30H2,1-3H3,(H,31,37)(H,35,36)(H,40,41). The van der Waals surface area contributed by atoms with Crippen LogP contribution in [0.5, 0.6) is 0 Å². The van der Waals surface area contributed by atoms with Crippen molar-refractivity contribution in [2.24, 2.45) is 0 Å². The highest BCUT2D eigenvalue weighted by molar-refractivity contribution is 7.15. The second-order valence-corrected chi connectivity index (χ2v) is 11.2. The number of carboxylic acid groups (broad SMARTS) is 2. The van der Waals surface area contributed by atoms with Crippen molar-refractivity contribution in [2.45, 2.75) is 77.8 Å². The van der Waals surface area contributed by atoms with E-state index in [1.807, 2.05) is 20.8 Å². The number of benzene rings is 1. The van der Waals surface area contributed by atoms with Gasteiger partial charge in [0, 0.05) is 35.3 Å². The molecule has 0 spiro atoms. The number of fused-ring (bicyclic) bond motifs is 1. The van der Waals surface area contributed by atoms with E-state index in [0.717, 1.165) is 28.9 Å². The first-order chi connectivity index (χ1) is 20.0. The molecule has 0 radical (unpaired) electrons. The summed E-state index contributed by atoms with van der Waals surface area (Å²) in [5.74, 6) is -2.78. The number of nitrogens with one attached hydrogen (secondary N) is 1. The smallest absolute Gasteiger partial charge is 0.357 e. The van der Waals surface area contributed by atoms with E-state index >= 15 is 0 Å². The van der Waals surface area contributed by atoms with E-state index in [9.17, 15) is 29.1 Å². The number of carboxylic acids is 2. The Bertz CT molecular complexity index is 1500. The minimum absolute atomic E-state index is 0.0743. The number of carbonyl (C=O) groups excluding carboxylic acids is 2. The van der Waals surface area contributed by atoms with Crippen molar-refractivity contribution in [2.75, 3.05) is 12.3 Å². The number of rotatable bonds is 15. The van der Waals surface area contributed by atoms with Crippen LogP contribution >= 0.6 is 11.3 Å². The normalized spacial score (nSPS) is 11.9. The molecule has 5 N–H and O–H groups in total. The molecule has 0 saturated carbocycles. The number of nitrogens with zero attached hydrogens (tertiary/aromatic N) is 3. The van der Waals surface area contributed by atoms with E-state index in [2.05, 4.69) is 10.4 Å². The number of carbonyl (C=O) groups is 4. The van der Waals surface area contributed by atoms with Crippen LogP contribution in [0, 0.1) is 0 Å². The third kappa shape index (κ3) is 7.52. The maximum atomic E-state index is 13.7. The molecule has 0 aliphatic carbocycles. The first-order valence-corrected chi connectivity index (χ1v) is 14.8. The highest BCUT2D eigenvalue weighted by Gasteiger charge is 2.32. The summed E-state index contributed by atoms with van der Waals surface area (Å²) in [4.78, 5) is 64.2. The van der Waals surface area contributed by atoms with E-state index in [0.29, 0.717) is 32.2 Å². The van der Waals surface area contributed by atoms with Gasteiger partial charge in [-0.15, -0.1) is 11.3 Å². The number of nitrogens with two attached hydrogens (primary N) is 1. The number of amides is 2. The van der Waals surface area contributed by atoms with Gasteiger partial charge in [-0.25, -0.2) is 4.79 Å². The molecule has 42 heavy (non-hydrogen) atoms. The zero-order valence-corrected chi connectivity index (χ0v) is 24.8. The molecule has 2 amide bonds. The molecule has 1 atom stereocenters. The number of anilines is 1. The van der Waals surface area contributed by atoms with Crippen LogP contribution in [0.3, 0.4) is 0 Å². The Morgan fingerprint density at radius 3 is 2.36 bits per heavy atom. The van der Waals surface area contributed by atoms with Crippen molar-refractivity contribution >= 4 is 50.9 Å². The van der Waals surface area contributed by atoms with Crippen LogP contribution < -0.4 is 16.6 Å². The van der Waals surface area contributed by atoms with Gasteiger partial charge in [0.15, 0.2) is 5.69 Å². The monoisotopic (exact) mass is 599 g/mol. The number of hydrogen-bond acceptors (Lipinski definition) is 8. The van der Waals surface area contributed by atoms with Crippen molar-refractivity contribution in [3.05, 3.63) is 51.3 Å². The summed E-state index contributed by atoms with van der Waals surface area (Å²) >= 11 is 1.06. The number of aliphatic carboxylic acids is 1. The van der Waals surface area contributed by atoms with Crippen LogP contribution in [-0.2, 0) is 9.59 Å². The highest BCUT2D eigenvalue weighted by Crippen LogP contribution is 2.27. The maximum Gasteiger partial charge on any atom is 0.357 e. The number of thiophene rings is 1. The molecule has 2 aromatic heterocycles. The third-order valence-corrected chi connectivity index (χ3v) is 7.68. The van der Waals surface area contributed by atoms with Crippen molar-refractivity contribution in [1.29, 1.82) is 0 Å². The van der Waals surface area contributed by atoms with Crippen LogP contribution in [0.4, 0.5) is 5.00 Å². The molecule has 0 bridgehead atoms. The first kappa shape index (κ1) is 32.3. The van der Waals surface area contributed by atoms with E-state index in [1.165, 1.54) is 29.6 Å². The van der Waals surface area contributed by atoms with Crippen molar-refractivity contribution < 1.29 is 29.4 Å². The highest BCUT2D eigenvalue weighted by atomic mass is 32.1. The van der Waals surface area contributed by atoms with Gasteiger partial charge < -0.3 is 26.2 Å². The molecule has 2 heterocycles. The van der Waals surface area contributed by atoms with Crippen LogP contribution in [0.1, 0.15) is 86.6 Å². The zero-order valence-electron chi connectivity index (χ0n) is 24.0. The molecule has 3 rings (SSSR count). The Hall–Kier alpha value is -4.26. The molecule has 3 aromatic rings. The summed E-state index contributed by atoms with van der Waals surface area (Å²) in [6, 6.07) is 5.02. The molecule has 1 unspecified atom stereocenters. The number of hydrogen-bond donors (Lipinski definition) is 4. The van der Waals surface area contributed by atoms with Crippen molar-refractivity contribution in [3.63, 3.8) is 0 Å². The number of aromatic nitrogens is 2. The fourth-order valence-electron chi connectivity index (χ4n) is 4.74. The summed E-state index contributed by atoms with van der Waals surface area (Å²) < 4.78 is 0.956. The van der Waals surface area contributed by atoms with Gasteiger partial charge in [0.25, 0.3) is 11.5 Å². The largest absolute Gasteiger partial charge is 0.481 e. The average molecular weight is 600 g/mol. The van der Waals surface area contributed by atoms with Crippen LogP contribution in [0.2, 0.25) is 0 Å². The Balaban J connectivity index is 1.85. The SMILES string of the molecule is CCCCC(C(=O)NCCCCCC(=O)O)N(C(=O)c1ccc(-n2nc(C(=O)O)c3csc(N)c3c2=O)cc1)C(C)C. The maximum absolute atomic E-state index is 13.7. The fourth-order valence-corrected chi connectivity index (χ4v) is 5.53. The van der Waals surface area contributed by atoms with E-state index in [1.54, 1.807) is 4.90 Å². The van der Waals surface area contributed by atoms with Gasteiger partial charge >= 0.3 is 11.9 Å². The van der Waals surface area contributed by atoms with Crippen LogP contribution in [0.15, 0.2) is 34.4 Å². The second kappa shape index (κ2) is 14.6. The molecule has 0 fully saturated rings. The quantitative estimate of drug-likeness (QED) is 0.188. The summed E-state index contributed by atoms with van der Waals surface area (Å²) in [5.41, 5.74) is 5.61. The van der Waals surface area contributed by atoms with Gasteiger partial charge in [0.1, 0.15) is 6.04 Å². The summed E-state index contributed by atoms with van der Waals surface area (Å²) in [5, 5.41) is 27.3. The average Bonchev–Trinajstić information content (AvgIpc) is 3.34. The zero-order chi connectivity index (χ0) is 31.0. The number of nitrogen functional groups attached to an aromatic ring is 1. The molecule has 12 nitrogen and oxygen atoms in total. The van der Waals surface area contributed by atoms with Gasteiger partial charge in [-0.2, -0.15) is 9.78 Å². The van der Waals surface area contributed by atoms with Crippen LogP contribution in [0.25, 0.3) is 16.5 Å². The van der Waals surface area contributed by atoms with Crippen molar-refractivity contribution in [1.82, 2.24) is 20.0 Å². The molecule has 0 aliphatic rings. The Morgan fingerprint density at radius 2 is 1.76 bits per heavy atom. The second-order valence-electron chi connectivity index (χ2n) is 10.3. The lowest BCUT2D eigenvalue weighted by Gasteiger charge is -2.34. The van der Waals surface area contributed by atoms with Gasteiger partial charge in [0.05, 0.1) is 16.1 Å². The van der Waals surface area contributed by atoms with E-state index in [-0.39, 0.29) is 57.0 Å². The van der Waals surface area contributed by atoms with Gasteiger partial charge in [0.2, 0.25) is 5.91 Å².